The van der Waals surface area contributed by atoms with Gasteiger partial charge in [-0.2, -0.15) is 0 Å². The molecule has 0 unspecified atom stereocenters. The smallest absolute Gasteiger partial charge is 0.221 e. The molecule has 1 aliphatic rings. The van der Waals surface area contributed by atoms with Gasteiger partial charge in [0.25, 0.3) is 0 Å². The van der Waals surface area contributed by atoms with Gasteiger partial charge in [-0.3, -0.25) is 4.90 Å². The summed E-state index contributed by atoms with van der Waals surface area (Å²) in [7, 11) is 0. The Labute approximate surface area is 118 Å². The van der Waals surface area contributed by atoms with Crippen LogP contribution in [0.5, 0.6) is 0 Å². The summed E-state index contributed by atoms with van der Waals surface area (Å²) in [6.07, 6.45) is 6.21. The molecule has 6 nitrogen and oxygen atoms in total. The standard InChI is InChI=1S/C14H20N4O2/c1-3-13-16-17-14(20-13)12-5-4-6-18(10(12)2)7-11-8-19-9-15-11/h8-10,12H,3-7H2,1-2H3/t10-,12-/m0/s1. The number of aryl methyl sites for hydroxylation is 1. The first-order valence-corrected chi connectivity index (χ1v) is 7.21. The van der Waals surface area contributed by atoms with Crippen LogP contribution >= 0.6 is 0 Å². The SMILES string of the molecule is CCc1nnc([C@H]2CCCN(Cc3cocn3)[C@H]2C)o1. The van der Waals surface area contributed by atoms with Crippen molar-refractivity contribution in [3.05, 3.63) is 30.1 Å². The number of piperidine rings is 1. The van der Waals surface area contributed by atoms with Gasteiger partial charge in [-0.25, -0.2) is 4.98 Å². The van der Waals surface area contributed by atoms with Gasteiger partial charge >= 0.3 is 0 Å². The largest absolute Gasteiger partial charge is 0.451 e. The molecule has 1 fully saturated rings. The summed E-state index contributed by atoms with van der Waals surface area (Å²) in [6, 6.07) is 0.366. The van der Waals surface area contributed by atoms with Crippen molar-refractivity contribution >= 4 is 0 Å². The second-order valence-electron chi connectivity index (χ2n) is 5.33. The van der Waals surface area contributed by atoms with E-state index in [0.29, 0.717) is 12.0 Å². The Bertz CT molecular complexity index is 537. The lowest BCUT2D eigenvalue weighted by molar-refractivity contribution is 0.117. The van der Waals surface area contributed by atoms with Gasteiger partial charge in [-0.1, -0.05) is 6.92 Å². The maximum absolute atomic E-state index is 5.74. The molecule has 0 saturated carbocycles. The molecule has 0 spiro atoms. The maximum Gasteiger partial charge on any atom is 0.221 e. The lowest BCUT2D eigenvalue weighted by atomic mass is 9.90. The predicted octanol–water partition coefficient (Wildman–Crippen LogP) is 2.39. The van der Waals surface area contributed by atoms with Crippen LogP contribution in [-0.2, 0) is 13.0 Å². The van der Waals surface area contributed by atoms with E-state index in [-0.39, 0.29) is 0 Å². The lowest BCUT2D eigenvalue weighted by Gasteiger charge is -2.37. The molecule has 1 aliphatic heterocycles. The molecule has 2 atom stereocenters. The molecule has 0 N–H and O–H groups in total. The highest BCUT2D eigenvalue weighted by Gasteiger charge is 2.32. The molecule has 0 radical (unpaired) electrons. The highest BCUT2D eigenvalue weighted by molar-refractivity contribution is 5.01. The summed E-state index contributed by atoms with van der Waals surface area (Å²) in [5, 5.41) is 8.30. The molecule has 0 amide bonds. The number of hydrogen-bond donors (Lipinski definition) is 0. The minimum Gasteiger partial charge on any atom is -0.451 e. The Balaban J connectivity index is 1.72. The van der Waals surface area contributed by atoms with Crippen molar-refractivity contribution in [2.24, 2.45) is 0 Å². The highest BCUT2D eigenvalue weighted by atomic mass is 16.4. The molecular formula is C14H20N4O2. The molecule has 2 aromatic heterocycles. The van der Waals surface area contributed by atoms with E-state index in [1.54, 1.807) is 6.26 Å². The average Bonchev–Trinajstić information content (AvgIpc) is 3.12. The van der Waals surface area contributed by atoms with Crippen LogP contribution in [0.4, 0.5) is 0 Å². The normalized spacial score (nSPS) is 24.1. The lowest BCUT2D eigenvalue weighted by Crippen LogP contribution is -2.41. The van der Waals surface area contributed by atoms with Gasteiger partial charge in [-0.05, 0) is 26.3 Å². The summed E-state index contributed by atoms with van der Waals surface area (Å²) in [6.45, 7) is 6.13. The van der Waals surface area contributed by atoms with E-state index >= 15 is 0 Å². The van der Waals surface area contributed by atoms with Crippen molar-refractivity contribution in [1.82, 2.24) is 20.1 Å². The Kier molecular flexibility index (Phi) is 3.82. The number of likely N-dealkylation sites (tertiary alicyclic amines) is 1. The third-order valence-electron chi connectivity index (χ3n) is 4.07. The van der Waals surface area contributed by atoms with Crippen molar-refractivity contribution in [1.29, 1.82) is 0 Å². The summed E-state index contributed by atoms with van der Waals surface area (Å²) >= 11 is 0. The van der Waals surface area contributed by atoms with Crippen LogP contribution in [0.3, 0.4) is 0 Å². The average molecular weight is 276 g/mol. The second-order valence-corrected chi connectivity index (χ2v) is 5.33. The first-order chi connectivity index (χ1) is 9.78. The maximum atomic E-state index is 5.74. The van der Waals surface area contributed by atoms with Gasteiger partial charge in [0.15, 0.2) is 6.39 Å². The molecule has 0 aliphatic carbocycles. The second kappa shape index (κ2) is 5.75. The summed E-state index contributed by atoms with van der Waals surface area (Å²) in [4.78, 5) is 6.60. The quantitative estimate of drug-likeness (QED) is 0.854. The number of hydrogen-bond acceptors (Lipinski definition) is 6. The van der Waals surface area contributed by atoms with Gasteiger partial charge in [0.05, 0.1) is 11.6 Å². The van der Waals surface area contributed by atoms with Crippen molar-refractivity contribution in [3.8, 4) is 0 Å². The zero-order valence-electron chi connectivity index (χ0n) is 12.0. The summed E-state index contributed by atoms with van der Waals surface area (Å²) in [5.41, 5.74) is 0.970. The van der Waals surface area contributed by atoms with Crippen molar-refractivity contribution in [2.45, 2.75) is 51.6 Å². The van der Waals surface area contributed by atoms with Crippen molar-refractivity contribution in [3.63, 3.8) is 0 Å². The Morgan fingerprint density at radius 3 is 3.00 bits per heavy atom. The van der Waals surface area contributed by atoms with Crippen LogP contribution in [0.2, 0.25) is 0 Å². The van der Waals surface area contributed by atoms with E-state index in [0.717, 1.165) is 49.8 Å². The van der Waals surface area contributed by atoms with E-state index in [1.165, 1.54) is 6.39 Å². The van der Waals surface area contributed by atoms with Gasteiger partial charge in [0.1, 0.15) is 6.26 Å². The van der Waals surface area contributed by atoms with Crippen molar-refractivity contribution < 1.29 is 8.83 Å². The fourth-order valence-electron chi connectivity index (χ4n) is 2.85. The molecule has 1 saturated heterocycles. The van der Waals surface area contributed by atoms with E-state index in [2.05, 4.69) is 27.0 Å². The predicted molar refractivity (Wildman–Crippen MR) is 72.0 cm³/mol. The third-order valence-corrected chi connectivity index (χ3v) is 4.07. The molecule has 3 rings (SSSR count). The molecule has 0 bridgehead atoms. The van der Waals surface area contributed by atoms with Gasteiger partial charge < -0.3 is 8.83 Å². The summed E-state index contributed by atoms with van der Waals surface area (Å²) < 4.78 is 10.8. The topological polar surface area (TPSA) is 68.2 Å². The van der Waals surface area contributed by atoms with Crippen molar-refractivity contribution in [2.75, 3.05) is 6.54 Å². The Hall–Kier alpha value is -1.69. The molecular weight excluding hydrogens is 256 g/mol. The van der Waals surface area contributed by atoms with E-state index in [1.807, 2.05) is 6.92 Å². The van der Waals surface area contributed by atoms with E-state index in [9.17, 15) is 0 Å². The molecule has 20 heavy (non-hydrogen) atoms. The van der Waals surface area contributed by atoms with E-state index in [4.69, 9.17) is 8.83 Å². The van der Waals surface area contributed by atoms with Crippen LogP contribution in [0.25, 0.3) is 0 Å². The minimum atomic E-state index is 0.309. The summed E-state index contributed by atoms with van der Waals surface area (Å²) in [5.74, 6) is 1.81. The molecule has 0 aromatic carbocycles. The number of nitrogens with zero attached hydrogens (tertiary/aromatic N) is 4. The molecule has 3 heterocycles. The van der Waals surface area contributed by atoms with Crippen LogP contribution in [0.1, 0.15) is 50.1 Å². The Morgan fingerprint density at radius 1 is 1.40 bits per heavy atom. The van der Waals surface area contributed by atoms with Crippen LogP contribution in [0.15, 0.2) is 21.5 Å². The van der Waals surface area contributed by atoms with Crippen LogP contribution in [0, 0.1) is 0 Å². The Morgan fingerprint density at radius 2 is 2.30 bits per heavy atom. The zero-order chi connectivity index (χ0) is 13.9. The van der Waals surface area contributed by atoms with Gasteiger partial charge in [0, 0.05) is 19.0 Å². The zero-order valence-corrected chi connectivity index (χ0v) is 12.0. The third kappa shape index (κ3) is 2.60. The minimum absolute atomic E-state index is 0.309. The number of rotatable bonds is 4. The fourth-order valence-corrected chi connectivity index (χ4v) is 2.85. The first-order valence-electron chi connectivity index (χ1n) is 7.21. The monoisotopic (exact) mass is 276 g/mol. The van der Waals surface area contributed by atoms with Gasteiger partial charge in [0.2, 0.25) is 11.8 Å². The number of oxazole rings is 1. The number of aromatic nitrogens is 3. The first kappa shape index (κ1) is 13.3. The molecule has 108 valence electrons. The highest BCUT2D eigenvalue weighted by Crippen LogP contribution is 2.32. The fraction of sp³-hybridized carbons (Fsp3) is 0.643. The van der Waals surface area contributed by atoms with Crippen LogP contribution < -0.4 is 0 Å². The molecule has 2 aromatic rings. The molecule has 6 heteroatoms. The van der Waals surface area contributed by atoms with Gasteiger partial charge in [-0.15, -0.1) is 10.2 Å². The van der Waals surface area contributed by atoms with Crippen LogP contribution in [-0.4, -0.2) is 32.7 Å². The van der Waals surface area contributed by atoms with E-state index < -0.39 is 0 Å².